The second-order valence-electron chi connectivity index (χ2n) is 6.37. The van der Waals surface area contributed by atoms with Gasteiger partial charge < -0.3 is 9.84 Å². The van der Waals surface area contributed by atoms with Crippen molar-refractivity contribution in [2.24, 2.45) is 0 Å². The summed E-state index contributed by atoms with van der Waals surface area (Å²) in [4.78, 5) is 37.1. The molecule has 0 bridgehead atoms. The normalized spacial score (nSPS) is 18.3. The summed E-state index contributed by atoms with van der Waals surface area (Å²) in [6, 6.07) is 15.1. The Balaban J connectivity index is 2.28. The van der Waals surface area contributed by atoms with Gasteiger partial charge in [-0.2, -0.15) is 5.26 Å². The maximum atomic E-state index is 13.3. The molecule has 9 heteroatoms. The number of nitriles is 1. The molecule has 1 N–H and O–H groups in total. The van der Waals surface area contributed by atoms with Crippen molar-refractivity contribution in [1.82, 2.24) is 4.90 Å². The van der Waals surface area contributed by atoms with Crippen molar-refractivity contribution in [2.45, 2.75) is 12.6 Å². The Bertz CT molecular complexity index is 1090. The molecule has 2 aromatic rings. The zero-order valence-electron chi connectivity index (χ0n) is 15.9. The largest absolute Gasteiger partial charge is 0.465 e. The molecule has 152 valence electrons. The Labute approximate surface area is 171 Å². The molecule has 1 unspecified atom stereocenters. The van der Waals surface area contributed by atoms with Gasteiger partial charge in [0.15, 0.2) is 0 Å². The van der Waals surface area contributed by atoms with Gasteiger partial charge in [0.1, 0.15) is 18.2 Å². The van der Waals surface area contributed by atoms with Crippen molar-refractivity contribution < 1.29 is 24.4 Å². The van der Waals surface area contributed by atoms with Crippen LogP contribution < -0.4 is 0 Å². The van der Waals surface area contributed by atoms with E-state index in [0.717, 1.165) is 4.90 Å². The molecule has 2 aromatic carbocycles. The number of esters is 1. The van der Waals surface area contributed by atoms with Gasteiger partial charge >= 0.3 is 5.97 Å². The topological polar surface area (TPSA) is 134 Å². The van der Waals surface area contributed by atoms with Crippen LogP contribution in [0.2, 0.25) is 0 Å². The van der Waals surface area contributed by atoms with Crippen molar-refractivity contribution in [3.8, 4) is 6.07 Å². The zero-order chi connectivity index (χ0) is 21.9. The molecular formula is C21H17N3O6. The van der Waals surface area contributed by atoms with Crippen LogP contribution in [0.25, 0.3) is 5.57 Å². The van der Waals surface area contributed by atoms with Gasteiger partial charge in [-0.3, -0.25) is 24.6 Å². The third kappa shape index (κ3) is 3.29. The number of carbonyl (C=O) groups is 2. The Morgan fingerprint density at radius 2 is 1.87 bits per heavy atom. The average Bonchev–Trinajstić information content (AvgIpc) is 2.96. The van der Waals surface area contributed by atoms with Crippen LogP contribution in [0.4, 0.5) is 5.69 Å². The Hall–Kier alpha value is -4.03. The number of amides is 1. The van der Waals surface area contributed by atoms with Crippen LogP contribution in [0.15, 0.2) is 60.2 Å². The smallest absolute Gasteiger partial charge is 0.325 e. The van der Waals surface area contributed by atoms with Crippen LogP contribution >= 0.6 is 0 Å². The van der Waals surface area contributed by atoms with Crippen LogP contribution in [0.3, 0.4) is 0 Å². The monoisotopic (exact) mass is 407 g/mol. The SMILES string of the molecule is CCOC(=O)CN1C(=O)C(c2ccccc2[N+](=O)[O-])=C(C#N)C1(O)c1ccccc1. The Morgan fingerprint density at radius 3 is 2.47 bits per heavy atom. The highest BCUT2D eigenvalue weighted by atomic mass is 16.6. The highest BCUT2D eigenvalue weighted by molar-refractivity contribution is 6.25. The summed E-state index contributed by atoms with van der Waals surface area (Å²) in [5.41, 5.74) is -3.39. The van der Waals surface area contributed by atoms with Crippen molar-refractivity contribution in [1.29, 1.82) is 5.26 Å². The molecule has 30 heavy (non-hydrogen) atoms. The van der Waals surface area contributed by atoms with E-state index in [1.807, 2.05) is 6.07 Å². The Morgan fingerprint density at radius 1 is 1.23 bits per heavy atom. The van der Waals surface area contributed by atoms with E-state index in [2.05, 4.69) is 0 Å². The van der Waals surface area contributed by atoms with Crippen LogP contribution in [-0.4, -0.2) is 40.0 Å². The highest BCUT2D eigenvalue weighted by Crippen LogP contribution is 2.46. The number of hydrogen-bond donors (Lipinski definition) is 1. The standard InChI is InChI=1S/C21H17N3O6/c1-2-30-18(25)13-23-20(26)19(15-10-6-7-11-17(15)24(28)29)16(12-22)21(23,27)14-8-4-3-5-9-14/h3-11,27H,2,13H2,1H3. The van der Waals surface area contributed by atoms with Crippen molar-refractivity contribution in [3.05, 3.63) is 81.4 Å². The van der Waals surface area contributed by atoms with Gasteiger partial charge in [-0.25, -0.2) is 0 Å². The minimum Gasteiger partial charge on any atom is -0.465 e. The van der Waals surface area contributed by atoms with E-state index in [0.29, 0.717) is 0 Å². The van der Waals surface area contributed by atoms with Crippen molar-refractivity contribution >= 4 is 23.1 Å². The summed E-state index contributed by atoms with van der Waals surface area (Å²) in [5.74, 6) is -1.68. The van der Waals surface area contributed by atoms with Crippen LogP contribution in [-0.2, 0) is 20.1 Å². The number of nitrogens with zero attached hydrogens (tertiary/aromatic N) is 3. The first-order valence-corrected chi connectivity index (χ1v) is 9.00. The minimum absolute atomic E-state index is 0.0557. The number of aliphatic hydroxyl groups is 1. The summed E-state index contributed by atoms with van der Waals surface area (Å²) >= 11 is 0. The average molecular weight is 407 g/mol. The lowest BCUT2D eigenvalue weighted by molar-refractivity contribution is -0.385. The van der Waals surface area contributed by atoms with E-state index in [9.17, 15) is 30.1 Å². The van der Waals surface area contributed by atoms with Crippen molar-refractivity contribution in [3.63, 3.8) is 0 Å². The molecule has 1 heterocycles. The maximum absolute atomic E-state index is 13.3. The number of nitro groups is 1. The summed E-state index contributed by atoms with van der Waals surface area (Å²) in [5, 5.41) is 32.9. The van der Waals surface area contributed by atoms with E-state index >= 15 is 0 Å². The molecule has 0 saturated heterocycles. The zero-order valence-corrected chi connectivity index (χ0v) is 15.9. The lowest BCUT2D eigenvalue weighted by atomic mass is 9.91. The molecule has 0 radical (unpaired) electrons. The molecule has 1 aliphatic rings. The van der Waals surface area contributed by atoms with Gasteiger partial charge in [0.05, 0.1) is 22.7 Å². The molecule has 1 atom stereocenters. The molecule has 0 fully saturated rings. The van der Waals surface area contributed by atoms with Gasteiger partial charge in [0.25, 0.3) is 11.6 Å². The second kappa shape index (κ2) is 8.14. The van der Waals surface area contributed by atoms with Gasteiger partial charge in [0, 0.05) is 11.6 Å². The van der Waals surface area contributed by atoms with E-state index in [1.165, 1.54) is 36.4 Å². The summed E-state index contributed by atoms with van der Waals surface area (Å²) in [7, 11) is 0. The van der Waals surface area contributed by atoms with E-state index in [4.69, 9.17) is 4.74 Å². The highest BCUT2D eigenvalue weighted by Gasteiger charge is 2.54. The lowest BCUT2D eigenvalue weighted by Gasteiger charge is -2.33. The van der Waals surface area contributed by atoms with Gasteiger partial charge in [-0.1, -0.05) is 42.5 Å². The maximum Gasteiger partial charge on any atom is 0.325 e. The number of para-hydroxylation sites is 1. The van der Waals surface area contributed by atoms with Gasteiger partial charge in [-0.05, 0) is 13.0 Å². The van der Waals surface area contributed by atoms with Crippen LogP contribution in [0, 0.1) is 21.4 Å². The second-order valence-corrected chi connectivity index (χ2v) is 6.37. The van der Waals surface area contributed by atoms with Gasteiger partial charge in [-0.15, -0.1) is 0 Å². The number of benzene rings is 2. The van der Waals surface area contributed by atoms with Crippen LogP contribution in [0.1, 0.15) is 18.1 Å². The quantitative estimate of drug-likeness (QED) is 0.440. The van der Waals surface area contributed by atoms with Crippen LogP contribution in [0.5, 0.6) is 0 Å². The molecule has 0 spiro atoms. The third-order valence-corrected chi connectivity index (χ3v) is 4.70. The van der Waals surface area contributed by atoms with Gasteiger partial charge in [0.2, 0.25) is 5.72 Å². The fourth-order valence-electron chi connectivity index (χ4n) is 3.42. The molecule has 1 aliphatic heterocycles. The fraction of sp³-hybridized carbons (Fsp3) is 0.190. The molecule has 0 aromatic heterocycles. The fourth-order valence-corrected chi connectivity index (χ4v) is 3.42. The van der Waals surface area contributed by atoms with E-state index in [-0.39, 0.29) is 23.3 Å². The minimum atomic E-state index is -2.29. The molecule has 3 rings (SSSR count). The lowest BCUT2D eigenvalue weighted by Crippen LogP contribution is -2.48. The summed E-state index contributed by atoms with van der Waals surface area (Å²) < 4.78 is 4.90. The summed E-state index contributed by atoms with van der Waals surface area (Å²) in [6.45, 7) is 0.998. The predicted molar refractivity (Wildman–Crippen MR) is 104 cm³/mol. The summed E-state index contributed by atoms with van der Waals surface area (Å²) in [6.07, 6.45) is 0. The molecule has 1 amide bonds. The predicted octanol–water partition coefficient (Wildman–Crippen LogP) is 2.12. The number of rotatable bonds is 6. The van der Waals surface area contributed by atoms with Crippen molar-refractivity contribution in [2.75, 3.05) is 13.2 Å². The molecule has 0 aliphatic carbocycles. The first kappa shape index (κ1) is 20.7. The van der Waals surface area contributed by atoms with E-state index in [1.54, 1.807) is 25.1 Å². The number of carbonyl (C=O) groups excluding carboxylic acids is 2. The number of hydrogen-bond acceptors (Lipinski definition) is 7. The first-order valence-electron chi connectivity index (χ1n) is 9.00. The molecule has 9 nitrogen and oxygen atoms in total. The molecular weight excluding hydrogens is 390 g/mol. The number of nitro benzene ring substituents is 1. The van der Waals surface area contributed by atoms with E-state index < -0.39 is 40.3 Å². The first-order chi connectivity index (χ1) is 14.4. The third-order valence-electron chi connectivity index (χ3n) is 4.70. The molecule has 0 saturated carbocycles. The number of ether oxygens (including phenoxy) is 1. The Kier molecular flexibility index (Phi) is 5.62.